The molecule has 0 saturated carbocycles. The highest BCUT2D eigenvalue weighted by atomic mass is 31.1. The van der Waals surface area contributed by atoms with Crippen molar-refractivity contribution in [3.8, 4) is 0 Å². The summed E-state index contributed by atoms with van der Waals surface area (Å²) in [7, 11) is -4.11. The Morgan fingerprint density at radius 1 is 0.490 bits per heavy atom. The average Bonchev–Trinajstić information content (AvgIpc) is 3.50. The van der Waals surface area contributed by atoms with Crippen molar-refractivity contribution in [1.82, 2.24) is 0 Å². The van der Waals surface area contributed by atoms with Crippen molar-refractivity contribution < 1.29 is 52.7 Å². The molecule has 0 saturated heterocycles. The molecule has 258 valence electrons. The Kier molecular flexibility index (Phi) is 10.2. The molecular formula is C35H24F12P2. The van der Waals surface area contributed by atoms with Crippen LogP contribution in [0.25, 0.3) is 0 Å². The number of halogens is 12. The minimum Gasteiger partial charge on any atom is -0.166 e. The van der Waals surface area contributed by atoms with Crippen LogP contribution in [0.5, 0.6) is 0 Å². The maximum atomic E-state index is 14.0. The second-order valence-electron chi connectivity index (χ2n) is 11.1. The number of allylic oxidation sites excluding steroid dienone is 4. The van der Waals surface area contributed by atoms with Crippen LogP contribution in [0, 0.1) is 0 Å². The minimum atomic E-state index is -5.31. The fourth-order valence-electron chi connectivity index (χ4n) is 5.65. The van der Waals surface area contributed by atoms with Crippen molar-refractivity contribution >= 4 is 37.1 Å². The van der Waals surface area contributed by atoms with Gasteiger partial charge in [0.2, 0.25) is 0 Å². The highest BCUT2D eigenvalue weighted by Gasteiger charge is 2.42. The molecule has 14 heteroatoms. The molecular weight excluding hydrogens is 710 g/mol. The molecule has 1 aliphatic rings. The molecule has 0 aromatic heterocycles. The highest BCUT2D eigenvalue weighted by molar-refractivity contribution is 7.75. The molecule has 1 aliphatic carbocycles. The SMILES string of the molecule is C[C@H](C1=CC=CC1P(c1ccccc1)c1ccccc1)P(c1cc(C(F)(F)F)cc(C(F)(F)F)c1)c1cc(C(F)(F)F)cc(C(F)(F)F)c1. The maximum Gasteiger partial charge on any atom is 0.416 e. The van der Waals surface area contributed by atoms with Gasteiger partial charge in [0, 0.05) is 11.3 Å². The van der Waals surface area contributed by atoms with Gasteiger partial charge in [0.25, 0.3) is 0 Å². The normalized spacial score (nSPS) is 16.4. The third-order valence-corrected chi connectivity index (χ3v) is 13.3. The smallest absolute Gasteiger partial charge is 0.166 e. The zero-order chi connectivity index (χ0) is 35.9. The summed E-state index contributed by atoms with van der Waals surface area (Å²) >= 11 is 0. The summed E-state index contributed by atoms with van der Waals surface area (Å²) in [6.07, 6.45) is -16.2. The first-order chi connectivity index (χ1) is 22.7. The molecule has 2 atom stereocenters. The van der Waals surface area contributed by atoms with Crippen molar-refractivity contribution in [2.45, 2.75) is 42.9 Å². The van der Waals surface area contributed by atoms with Crippen LogP contribution in [0.3, 0.4) is 0 Å². The van der Waals surface area contributed by atoms with E-state index in [9.17, 15) is 52.7 Å². The van der Waals surface area contributed by atoms with E-state index < -0.39 is 84.7 Å². The third kappa shape index (κ3) is 8.24. The molecule has 0 bridgehead atoms. The van der Waals surface area contributed by atoms with Crippen molar-refractivity contribution in [3.05, 3.63) is 143 Å². The van der Waals surface area contributed by atoms with E-state index in [4.69, 9.17) is 0 Å². The number of alkyl halides is 12. The summed E-state index contributed by atoms with van der Waals surface area (Å²) in [5.41, 5.74) is -8.14. The van der Waals surface area contributed by atoms with Crippen molar-refractivity contribution in [2.75, 3.05) is 0 Å². The molecule has 0 nitrogen and oxygen atoms in total. The van der Waals surface area contributed by atoms with E-state index in [0.717, 1.165) is 10.6 Å². The van der Waals surface area contributed by atoms with E-state index in [1.807, 2.05) is 24.3 Å². The van der Waals surface area contributed by atoms with Gasteiger partial charge in [-0.25, -0.2) is 0 Å². The maximum absolute atomic E-state index is 14.0. The van der Waals surface area contributed by atoms with E-state index in [1.165, 1.54) is 6.92 Å². The molecule has 0 aliphatic heterocycles. The summed E-state index contributed by atoms with van der Waals surface area (Å²) in [6, 6.07) is 19.4. The molecule has 0 heterocycles. The molecule has 4 aromatic carbocycles. The zero-order valence-corrected chi connectivity index (χ0v) is 26.8. The van der Waals surface area contributed by atoms with E-state index in [0.29, 0.717) is 29.8 Å². The lowest BCUT2D eigenvalue weighted by molar-refractivity contribution is -0.144. The zero-order valence-electron chi connectivity index (χ0n) is 25.1. The molecule has 49 heavy (non-hydrogen) atoms. The van der Waals surface area contributed by atoms with Crippen LogP contribution in [-0.2, 0) is 24.7 Å². The van der Waals surface area contributed by atoms with Crippen LogP contribution < -0.4 is 21.2 Å². The van der Waals surface area contributed by atoms with E-state index in [2.05, 4.69) is 0 Å². The fourth-order valence-corrected chi connectivity index (χ4v) is 11.4. The molecule has 0 radical (unpaired) electrons. The second-order valence-corrected chi connectivity index (χ2v) is 16.0. The summed E-state index contributed by atoms with van der Waals surface area (Å²) in [5, 5.41) is 0.346. The van der Waals surface area contributed by atoms with Gasteiger partial charge < -0.3 is 0 Å². The van der Waals surface area contributed by atoms with Crippen LogP contribution in [-0.4, -0.2) is 11.3 Å². The van der Waals surface area contributed by atoms with Gasteiger partial charge in [0.15, 0.2) is 0 Å². The summed E-state index contributed by atoms with van der Waals surface area (Å²) in [5.74, 6) is 0. The van der Waals surface area contributed by atoms with Crippen molar-refractivity contribution in [1.29, 1.82) is 0 Å². The Morgan fingerprint density at radius 3 is 1.16 bits per heavy atom. The lowest BCUT2D eigenvalue weighted by atomic mass is 10.1. The predicted octanol–water partition coefficient (Wildman–Crippen LogP) is 10.6. The van der Waals surface area contributed by atoms with E-state index in [-0.39, 0.29) is 12.1 Å². The van der Waals surface area contributed by atoms with Crippen molar-refractivity contribution in [2.24, 2.45) is 0 Å². The van der Waals surface area contributed by atoms with Gasteiger partial charge in [0.05, 0.1) is 22.3 Å². The topological polar surface area (TPSA) is 0 Å². The van der Waals surface area contributed by atoms with Gasteiger partial charge in [-0.05, 0) is 73.5 Å². The summed E-state index contributed by atoms with van der Waals surface area (Å²) in [6.45, 7) is 1.42. The average molecular weight is 735 g/mol. The van der Waals surface area contributed by atoms with Gasteiger partial charge in [-0.2, -0.15) is 52.7 Å². The third-order valence-electron chi connectivity index (χ3n) is 7.84. The number of rotatable bonds is 7. The summed E-state index contributed by atoms with van der Waals surface area (Å²) < 4.78 is 168. The molecule has 4 aromatic rings. The largest absolute Gasteiger partial charge is 0.416 e. The quantitative estimate of drug-likeness (QED) is 0.131. The molecule has 0 N–H and O–H groups in total. The Labute approximate surface area is 275 Å². The predicted molar refractivity (Wildman–Crippen MR) is 169 cm³/mol. The number of benzene rings is 4. The standard InChI is InChI=1S/C35H24F12P2/c1-21(30-13-8-14-31(30)49(26-9-4-2-5-10-26)27-11-6-3-7-12-27)48(28-17-22(32(36,37)38)15-23(18-28)33(39,40)41)29-19-24(34(42,43)44)16-25(20-29)35(45,46)47/h2-21,31H,1H3/t21-,31?/m1/s1. The summed E-state index contributed by atoms with van der Waals surface area (Å²) in [4.78, 5) is 0. The highest BCUT2D eigenvalue weighted by Crippen LogP contribution is 2.54. The van der Waals surface area contributed by atoms with Crippen LogP contribution in [0.15, 0.2) is 121 Å². The Balaban J connectivity index is 1.77. The van der Waals surface area contributed by atoms with Crippen LogP contribution >= 0.6 is 15.8 Å². The van der Waals surface area contributed by atoms with Crippen LogP contribution in [0.4, 0.5) is 52.7 Å². The van der Waals surface area contributed by atoms with Crippen LogP contribution in [0.2, 0.25) is 0 Å². The monoisotopic (exact) mass is 734 g/mol. The Morgan fingerprint density at radius 2 is 0.837 bits per heavy atom. The van der Waals surface area contributed by atoms with Crippen LogP contribution in [0.1, 0.15) is 29.2 Å². The van der Waals surface area contributed by atoms with E-state index >= 15 is 0 Å². The molecule has 0 fully saturated rings. The number of hydrogen-bond acceptors (Lipinski definition) is 0. The first kappa shape index (κ1) is 36.7. The Bertz CT molecular complexity index is 1660. The van der Waals surface area contributed by atoms with Gasteiger partial charge >= 0.3 is 24.7 Å². The fraction of sp³-hybridized carbons (Fsp3) is 0.200. The first-order valence-corrected chi connectivity index (χ1v) is 17.2. The molecule has 1 unspecified atom stereocenters. The first-order valence-electron chi connectivity index (χ1n) is 14.4. The van der Waals surface area contributed by atoms with Gasteiger partial charge in [-0.1, -0.05) is 91.4 Å². The van der Waals surface area contributed by atoms with Crippen molar-refractivity contribution in [3.63, 3.8) is 0 Å². The lowest BCUT2D eigenvalue weighted by Crippen LogP contribution is -2.30. The van der Waals surface area contributed by atoms with E-state index in [1.54, 1.807) is 54.6 Å². The van der Waals surface area contributed by atoms with Gasteiger partial charge in [-0.15, -0.1) is 0 Å². The molecule has 5 rings (SSSR count). The number of hydrogen-bond donors (Lipinski definition) is 0. The lowest BCUT2D eigenvalue weighted by Gasteiger charge is -2.34. The van der Waals surface area contributed by atoms with Gasteiger partial charge in [-0.3, -0.25) is 0 Å². The minimum absolute atomic E-state index is 0.127. The van der Waals surface area contributed by atoms with Gasteiger partial charge in [0.1, 0.15) is 0 Å². The second kappa shape index (κ2) is 13.6. The molecule has 0 amide bonds. The molecule has 0 spiro atoms. The Hall–Kier alpha value is -3.62.